The maximum Gasteiger partial charge on any atom is 0.200 e. The van der Waals surface area contributed by atoms with Gasteiger partial charge in [0, 0.05) is 5.56 Å². The van der Waals surface area contributed by atoms with Crippen molar-refractivity contribution in [2.75, 3.05) is 7.05 Å². The molecule has 1 nitrogen and oxygen atoms in total. The highest BCUT2D eigenvalue weighted by Crippen LogP contribution is 2.31. The fourth-order valence-corrected chi connectivity index (χ4v) is 7.11. The van der Waals surface area contributed by atoms with Crippen molar-refractivity contribution in [1.29, 1.82) is 0 Å². The van der Waals surface area contributed by atoms with Crippen LogP contribution in [-0.4, -0.2) is 29.8 Å². The molecule has 0 aliphatic rings. The van der Waals surface area contributed by atoms with E-state index in [0.29, 0.717) is 12.1 Å². The summed E-state index contributed by atoms with van der Waals surface area (Å²) in [7, 11) is 2.36. The van der Waals surface area contributed by atoms with Gasteiger partial charge in [0.05, 0.1) is 19.1 Å². The Morgan fingerprint density at radius 3 is 0.694 bits per heavy atom. The van der Waals surface area contributed by atoms with E-state index in [1.807, 2.05) is 0 Å². The summed E-state index contributed by atoms with van der Waals surface area (Å²) >= 11 is 0. The summed E-state index contributed by atoms with van der Waals surface area (Å²) in [5, 5.41) is 0. The van der Waals surface area contributed by atoms with E-state index in [0.717, 1.165) is 17.4 Å². The molecule has 0 N–H and O–H groups in total. The lowest BCUT2D eigenvalue weighted by atomic mass is 9.12. The molecule has 0 bridgehead atoms. The van der Waals surface area contributed by atoms with Crippen LogP contribution in [0.25, 0.3) is 0 Å². The maximum atomic E-state index is 15.4. The second kappa shape index (κ2) is 17.8. The van der Waals surface area contributed by atoms with Crippen molar-refractivity contribution in [1.82, 2.24) is 0 Å². The van der Waals surface area contributed by atoms with Crippen LogP contribution in [0, 0.1) is 116 Å². The van der Waals surface area contributed by atoms with Crippen molar-refractivity contribution < 1.29 is 92.3 Å². The minimum atomic E-state index is -7.22. The Morgan fingerprint density at radius 2 is 0.516 bits per heavy atom. The SMILES string of the molecule is CCc1ccc(C[N+](C)(C(C)C)C(C)C)cc1.Fc1c(F)c(F)c([B-](c2c(F)c(F)c(F)c(F)c2F)(c2c(F)c(F)c(F)c(F)c2F)c2c(F)c(F)c(F)c(F)c2F)c(F)c1F. The molecule has 336 valence electrons. The number of hydrogen-bond donors (Lipinski definition) is 0. The number of halogens is 20. The molecule has 22 heteroatoms. The molecule has 0 aliphatic carbocycles. The van der Waals surface area contributed by atoms with E-state index in [4.69, 9.17) is 0 Å². The summed E-state index contributed by atoms with van der Waals surface area (Å²) in [4.78, 5) is 0. The minimum absolute atomic E-state index is 0.654. The highest BCUT2D eigenvalue weighted by molar-refractivity contribution is 7.20. The Hall–Kier alpha value is -5.28. The van der Waals surface area contributed by atoms with Crippen LogP contribution in [0.4, 0.5) is 87.8 Å². The lowest BCUT2D eigenvalue weighted by Gasteiger charge is -2.44. The number of quaternary nitrogens is 1. The van der Waals surface area contributed by atoms with Crippen LogP contribution in [-0.2, 0) is 13.0 Å². The summed E-state index contributed by atoms with van der Waals surface area (Å²) < 4.78 is 295. The minimum Gasteiger partial charge on any atom is -0.318 e. The van der Waals surface area contributed by atoms with Gasteiger partial charge in [0.15, 0.2) is 69.8 Å². The zero-order valence-electron chi connectivity index (χ0n) is 32.5. The number of rotatable bonds is 9. The van der Waals surface area contributed by atoms with Crippen molar-refractivity contribution in [3.8, 4) is 0 Å². The fourth-order valence-electron chi connectivity index (χ4n) is 7.11. The number of nitrogens with zero attached hydrogens (tertiary/aromatic N) is 1. The molecular weight excluding hydrogens is 885 g/mol. The Kier molecular flexibility index (Phi) is 14.2. The number of benzene rings is 5. The third-order valence-corrected chi connectivity index (χ3v) is 11.0. The summed E-state index contributed by atoms with van der Waals surface area (Å²) in [6, 6.07) is 10.4. The van der Waals surface area contributed by atoms with Gasteiger partial charge in [-0.3, -0.25) is 0 Å². The van der Waals surface area contributed by atoms with E-state index in [1.54, 1.807) is 0 Å². The van der Waals surface area contributed by atoms with Crippen LogP contribution in [0.2, 0.25) is 0 Å². The van der Waals surface area contributed by atoms with Gasteiger partial charge in [0.2, 0.25) is 0 Å². The van der Waals surface area contributed by atoms with Crippen LogP contribution < -0.4 is 21.9 Å². The van der Waals surface area contributed by atoms with E-state index in [-0.39, 0.29) is 0 Å². The van der Waals surface area contributed by atoms with Gasteiger partial charge in [-0.1, -0.05) is 31.2 Å². The first kappa shape index (κ1) is 49.4. The Bertz CT molecular complexity index is 2170. The molecule has 0 radical (unpaired) electrons. The molecule has 0 fully saturated rings. The summed E-state index contributed by atoms with van der Waals surface area (Å²) in [5.41, 5.74) is -11.5. The van der Waals surface area contributed by atoms with Gasteiger partial charge in [0.1, 0.15) is 59.2 Å². The van der Waals surface area contributed by atoms with Crippen LogP contribution >= 0.6 is 0 Å². The Balaban J connectivity index is 0.000000416. The molecule has 0 aromatic heterocycles. The normalized spacial score (nSPS) is 12.1. The van der Waals surface area contributed by atoms with Crippen molar-refractivity contribution >= 4 is 28.0 Å². The fraction of sp³-hybridized carbons (Fsp3) is 0.250. The summed E-state index contributed by atoms with van der Waals surface area (Å²) in [6.07, 6.45) is -6.09. The maximum absolute atomic E-state index is 15.4. The van der Waals surface area contributed by atoms with Gasteiger partial charge in [0.25, 0.3) is 0 Å². The zero-order valence-corrected chi connectivity index (χ0v) is 32.5. The average molecular weight is 913 g/mol. The molecule has 0 saturated carbocycles. The molecule has 0 unspecified atom stereocenters. The standard InChI is InChI=1S/C24BF20.C16H28N/c26-5-1(6(27)14(35)21(42)13(5)34)25(2-7(28)15(36)22(43)16(37)8(2)29,3-9(30)17(38)23(44)18(39)10(3)31)4-11(32)19(40)24(45)20(41)12(4)33;1-7-15-8-10-16(11-9-15)12-17(6,13(2)3)14(4)5/h;8-11,13-14H,7,12H2,1-6H3/q-1;+1. The van der Waals surface area contributed by atoms with Crippen molar-refractivity contribution in [2.45, 2.75) is 59.7 Å². The first-order chi connectivity index (χ1) is 28.6. The molecule has 62 heavy (non-hydrogen) atoms. The van der Waals surface area contributed by atoms with Crippen LogP contribution in [0.3, 0.4) is 0 Å². The van der Waals surface area contributed by atoms with E-state index in [9.17, 15) is 52.7 Å². The molecule has 5 aromatic rings. The molecule has 0 saturated heterocycles. The highest BCUT2D eigenvalue weighted by atomic mass is 19.2. The van der Waals surface area contributed by atoms with Crippen molar-refractivity contribution in [2.24, 2.45) is 0 Å². The topological polar surface area (TPSA) is 0 Å². The predicted octanol–water partition coefficient (Wildman–Crippen LogP) is 9.86. The molecule has 5 aromatic carbocycles. The second-order valence-corrected chi connectivity index (χ2v) is 14.7. The Labute approximate surface area is 338 Å². The number of hydrogen-bond acceptors (Lipinski definition) is 0. The Morgan fingerprint density at radius 1 is 0.339 bits per heavy atom. The van der Waals surface area contributed by atoms with E-state index in [2.05, 4.69) is 65.9 Å². The largest absolute Gasteiger partial charge is 0.318 e. The van der Waals surface area contributed by atoms with E-state index >= 15 is 35.1 Å². The lowest BCUT2D eigenvalue weighted by Crippen LogP contribution is -2.81. The molecule has 0 amide bonds. The van der Waals surface area contributed by atoms with E-state index < -0.39 is 144 Å². The molecule has 0 atom stereocenters. The first-order valence-corrected chi connectivity index (χ1v) is 17.8. The van der Waals surface area contributed by atoms with Gasteiger partial charge in [-0.2, -0.15) is 0 Å². The third kappa shape index (κ3) is 7.65. The molecular formula is C40H28BF20N. The van der Waals surface area contributed by atoms with Gasteiger partial charge >= 0.3 is 0 Å². The molecule has 0 spiro atoms. The van der Waals surface area contributed by atoms with Crippen molar-refractivity contribution in [3.63, 3.8) is 0 Å². The predicted molar refractivity (Wildman–Crippen MR) is 185 cm³/mol. The highest BCUT2D eigenvalue weighted by Gasteiger charge is 2.52. The van der Waals surface area contributed by atoms with Crippen molar-refractivity contribution in [3.05, 3.63) is 152 Å². The molecule has 0 heterocycles. The van der Waals surface area contributed by atoms with Gasteiger partial charge in [-0.25, -0.2) is 87.8 Å². The smallest absolute Gasteiger partial charge is 0.200 e. The molecule has 5 rings (SSSR count). The summed E-state index contributed by atoms with van der Waals surface area (Å²) in [6.45, 7) is 12.6. The first-order valence-electron chi connectivity index (χ1n) is 17.8. The van der Waals surface area contributed by atoms with Crippen LogP contribution in [0.1, 0.15) is 45.7 Å². The van der Waals surface area contributed by atoms with Crippen LogP contribution in [0.15, 0.2) is 24.3 Å². The van der Waals surface area contributed by atoms with Gasteiger partial charge < -0.3 is 4.48 Å². The quantitative estimate of drug-likeness (QED) is 0.0455. The molecule has 0 aliphatic heterocycles. The summed E-state index contributed by atoms with van der Waals surface area (Å²) in [5.74, 6) is -71.4. The third-order valence-electron chi connectivity index (χ3n) is 11.0. The van der Waals surface area contributed by atoms with Crippen LogP contribution in [0.5, 0.6) is 0 Å². The lowest BCUT2D eigenvalue weighted by molar-refractivity contribution is -0.961. The monoisotopic (exact) mass is 913 g/mol. The second-order valence-electron chi connectivity index (χ2n) is 14.7. The van der Waals surface area contributed by atoms with Gasteiger partial charge in [-0.15, -0.1) is 21.9 Å². The van der Waals surface area contributed by atoms with Gasteiger partial charge in [-0.05, 0) is 39.7 Å². The zero-order chi connectivity index (χ0) is 47.4. The number of aryl methyl sites for hydroxylation is 1. The average Bonchev–Trinajstić information content (AvgIpc) is 3.23. The van der Waals surface area contributed by atoms with E-state index in [1.165, 1.54) is 11.1 Å².